The van der Waals surface area contributed by atoms with Gasteiger partial charge in [0.1, 0.15) is 0 Å². The molecule has 0 fully saturated rings. The van der Waals surface area contributed by atoms with Crippen LogP contribution in [0.4, 0.5) is 0 Å². The van der Waals surface area contributed by atoms with Crippen LogP contribution < -0.4 is 5.84 Å². The van der Waals surface area contributed by atoms with Gasteiger partial charge in [0.15, 0.2) is 0 Å². The monoisotopic (exact) mass is 196 g/mol. The fraction of sp³-hybridized carbons (Fsp3) is 0.500. The number of nitrogens with two attached hydrogens (primary N) is 1. The van der Waals surface area contributed by atoms with Crippen molar-refractivity contribution >= 4 is 5.97 Å². The maximum Gasteiger partial charge on any atom is 0.340 e. The van der Waals surface area contributed by atoms with E-state index in [4.69, 9.17) is 10.6 Å². The van der Waals surface area contributed by atoms with Gasteiger partial charge in [0, 0.05) is 6.20 Å². The molecule has 0 aliphatic rings. The van der Waals surface area contributed by atoms with Gasteiger partial charge >= 0.3 is 5.97 Å². The summed E-state index contributed by atoms with van der Waals surface area (Å²) in [5, 5.41) is 0. The highest BCUT2D eigenvalue weighted by molar-refractivity contribution is 5.92. The first kappa shape index (κ1) is 10.6. The van der Waals surface area contributed by atoms with Gasteiger partial charge in [-0.25, -0.2) is 4.79 Å². The third kappa shape index (κ3) is 1.73. The number of rotatable bonds is 3. The SMILES string of the molecule is CCOC(=O)c1c(C)cn(N)c1CC. The van der Waals surface area contributed by atoms with E-state index in [9.17, 15) is 4.79 Å². The molecule has 4 heteroatoms. The second kappa shape index (κ2) is 4.17. The Labute approximate surface area is 83.6 Å². The Balaban J connectivity index is 3.11. The van der Waals surface area contributed by atoms with E-state index in [1.807, 2.05) is 13.8 Å². The molecule has 0 saturated heterocycles. The number of esters is 1. The van der Waals surface area contributed by atoms with Crippen LogP contribution in [0, 0.1) is 6.92 Å². The van der Waals surface area contributed by atoms with E-state index >= 15 is 0 Å². The summed E-state index contributed by atoms with van der Waals surface area (Å²) in [5.41, 5.74) is 2.29. The molecule has 4 nitrogen and oxygen atoms in total. The largest absolute Gasteiger partial charge is 0.462 e. The zero-order chi connectivity index (χ0) is 10.7. The summed E-state index contributed by atoms with van der Waals surface area (Å²) in [6.45, 7) is 5.99. The number of aryl methyl sites for hydroxylation is 1. The van der Waals surface area contributed by atoms with E-state index in [2.05, 4.69) is 0 Å². The van der Waals surface area contributed by atoms with Crippen LogP contribution in [-0.2, 0) is 11.2 Å². The molecule has 0 aliphatic carbocycles. The highest BCUT2D eigenvalue weighted by atomic mass is 16.5. The Morgan fingerprint density at radius 1 is 1.57 bits per heavy atom. The molecule has 14 heavy (non-hydrogen) atoms. The first-order valence-corrected chi connectivity index (χ1v) is 4.74. The van der Waals surface area contributed by atoms with Gasteiger partial charge in [-0.2, -0.15) is 0 Å². The number of ether oxygens (including phenoxy) is 1. The summed E-state index contributed by atoms with van der Waals surface area (Å²) in [6.07, 6.45) is 2.46. The quantitative estimate of drug-likeness (QED) is 0.584. The van der Waals surface area contributed by atoms with Gasteiger partial charge < -0.3 is 10.6 Å². The first-order valence-electron chi connectivity index (χ1n) is 4.74. The number of carbonyl (C=O) groups is 1. The van der Waals surface area contributed by atoms with E-state index in [0.29, 0.717) is 12.2 Å². The Kier molecular flexibility index (Phi) is 3.17. The molecule has 1 heterocycles. The summed E-state index contributed by atoms with van der Waals surface area (Å²) in [6, 6.07) is 0. The minimum absolute atomic E-state index is 0.286. The number of nitrogens with zero attached hydrogens (tertiary/aromatic N) is 1. The fourth-order valence-electron chi connectivity index (χ4n) is 1.55. The van der Waals surface area contributed by atoms with Gasteiger partial charge in [0.2, 0.25) is 0 Å². The second-order valence-electron chi connectivity index (χ2n) is 3.12. The molecular weight excluding hydrogens is 180 g/mol. The maximum absolute atomic E-state index is 11.6. The summed E-state index contributed by atoms with van der Waals surface area (Å²) < 4.78 is 6.44. The standard InChI is InChI=1S/C10H16N2O2/c1-4-8-9(10(13)14-5-2)7(3)6-12(8)11/h6H,4-5,11H2,1-3H3. The van der Waals surface area contributed by atoms with Gasteiger partial charge in [-0.1, -0.05) is 6.92 Å². The van der Waals surface area contributed by atoms with Crippen molar-refractivity contribution in [3.05, 3.63) is 23.0 Å². The van der Waals surface area contributed by atoms with Crippen molar-refractivity contribution in [3.63, 3.8) is 0 Å². The topological polar surface area (TPSA) is 57.2 Å². The number of hydrogen-bond donors (Lipinski definition) is 1. The minimum atomic E-state index is -0.286. The maximum atomic E-state index is 11.6. The summed E-state index contributed by atoms with van der Waals surface area (Å²) >= 11 is 0. The van der Waals surface area contributed by atoms with Crippen molar-refractivity contribution in [1.82, 2.24) is 4.68 Å². The lowest BCUT2D eigenvalue weighted by Gasteiger charge is -2.04. The molecule has 0 atom stereocenters. The van der Waals surface area contributed by atoms with Crippen molar-refractivity contribution < 1.29 is 9.53 Å². The molecule has 1 aromatic heterocycles. The van der Waals surface area contributed by atoms with E-state index in [-0.39, 0.29) is 5.97 Å². The number of aromatic nitrogens is 1. The molecule has 2 N–H and O–H groups in total. The zero-order valence-electron chi connectivity index (χ0n) is 8.83. The molecule has 0 unspecified atom stereocenters. The highest BCUT2D eigenvalue weighted by Crippen LogP contribution is 2.16. The van der Waals surface area contributed by atoms with Crippen LogP contribution in [0.2, 0.25) is 0 Å². The van der Waals surface area contributed by atoms with Gasteiger partial charge in [0.25, 0.3) is 0 Å². The minimum Gasteiger partial charge on any atom is -0.462 e. The number of carbonyl (C=O) groups excluding carboxylic acids is 1. The summed E-state index contributed by atoms with van der Waals surface area (Å²) in [7, 11) is 0. The molecule has 0 aromatic carbocycles. The Morgan fingerprint density at radius 2 is 2.21 bits per heavy atom. The molecule has 0 amide bonds. The molecular formula is C10H16N2O2. The molecule has 0 spiro atoms. The average Bonchev–Trinajstić information content (AvgIpc) is 2.40. The van der Waals surface area contributed by atoms with Crippen molar-refractivity contribution in [3.8, 4) is 0 Å². The predicted molar refractivity (Wildman–Crippen MR) is 54.7 cm³/mol. The Bertz CT molecular complexity index is 342. The van der Waals surface area contributed by atoms with Gasteiger partial charge in [-0.05, 0) is 25.8 Å². The zero-order valence-corrected chi connectivity index (χ0v) is 8.83. The van der Waals surface area contributed by atoms with Crippen LogP contribution in [-0.4, -0.2) is 17.3 Å². The number of nitrogen functional groups attached to an aromatic ring is 1. The molecule has 0 radical (unpaired) electrons. The van der Waals surface area contributed by atoms with E-state index < -0.39 is 0 Å². The molecule has 0 bridgehead atoms. The van der Waals surface area contributed by atoms with E-state index in [1.54, 1.807) is 13.1 Å². The van der Waals surface area contributed by atoms with Crippen molar-refractivity contribution in [2.45, 2.75) is 27.2 Å². The van der Waals surface area contributed by atoms with Crippen LogP contribution in [0.15, 0.2) is 6.20 Å². The van der Waals surface area contributed by atoms with E-state index in [1.165, 1.54) is 4.68 Å². The van der Waals surface area contributed by atoms with Crippen LogP contribution >= 0.6 is 0 Å². The third-order valence-corrected chi connectivity index (χ3v) is 2.14. The Hall–Kier alpha value is -1.45. The molecule has 1 rings (SSSR count). The van der Waals surface area contributed by atoms with Crippen LogP contribution in [0.25, 0.3) is 0 Å². The summed E-state index contributed by atoms with van der Waals surface area (Å²) in [5.74, 6) is 5.41. The lowest BCUT2D eigenvalue weighted by atomic mass is 10.1. The Morgan fingerprint density at radius 3 is 2.71 bits per heavy atom. The lowest BCUT2D eigenvalue weighted by molar-refractivity contribution is 0.0524. The fourth-order valence-corrected chi connectivity index (χ4v) is 1.55. The normalized spacial score (nSPS) is 10.2. The van der Waals surface area contributed by atoms with Gasteiger partial charge in [-0.15, -0.1) is 0 Å². The number of hydrogen-bond acceptors (Lipinski definition) is 3. The van der Waals surface area contributed by atoms with Crippen molar-refractivity contribution in [1.29, 1.82) is 0 Å². The van der Waals surface area contributed by atoms with Crippen molar-refractivity contribution in [2.24, 2.45) is 0 Å². The summed E-state index contributed by atoms with van der Waals surface area (Å²) in [4.78, 5) is 11.6. The highest BCUT2D eigenvalue weighted by Gasteiger charge is 2.18. The average molecular weight is 196 g/mol. The molecule has 78 valence electrons. The molecule has 0 aliphatic heterocycles. The lowest BCUT2D eigenvalue weighted by Crippen LogP contribution is -2.14. The van der Waals surface area contributed by atoms with Crippen molar-refractivity contribution in [2.75, 3.05) is 12.4 Å². The van der Waals surface area contributed by atoms with Crippen LogP contribution in [0.1, 0.15) is 35.5 Å². The smallest absolute Gasteiger partial charge is 0.340 e. The molecule has 1 aromatic rings. The molecule has 0 saturated carbocycles. The van der Waals surface area contributed by atoms with Crippen LogP contribution in [0.5, 0.6) is 0 Å². The second-order valence-corrected chi connectivity index (χ2v) is 3.12. The van der Waals surface area contributed by atoms with E-state index in [0.717, 1.165) is 17.7 Å². The predicted octanol–water partition coefficient (Wildman–Crippen LogP) is 1.25. The van der Waals surface area contributed by atoms with Crippen LogP contribution in [0.3, 0.4) is 0 Å². The third-order valence-electron chi connectivity index (χ3n) is 2.14. The van der Waals surface area contributed by atoms with Gasteiger partial charge in [-0.3, -0.25) is 4.68 Å². The van der Waals surface area contributed by atoms with Gasteiger partial charge in [0.05, 0.1) is 17.9 Å². The first-order chi connectivity index (χ1) is 6.61.